The molecule has 1 saturated heterocycles. The zero-order chi connectivity index (χ0) is 23.3. The summed E-state index contributed by atoms with van der Waals surface area (Å²) < 4.78 is 10.3. The number of urea groups is 1. The number of carbonyl (C=O) groups is 3. The quantitative estimate of drug-likeness (QED) is 0.397. The summed E-state index contributed by atoms with van der Waals surface area (Å²) in [5.41, 5.74) is 2.24. The molecule has 1 aliphatic rings. The Labute approximate surface area is 190 Å². The van der Waals surface area contributed by atoms with Crippen molar-refractivity contribution >= 4 is 17.9 Å². The molecular weight excluding hydrogens is 412 g/mol. The summed E-state index contributed by atoms with van der Waals surface area (Å²) in [6, 6.07) is 3.49. The second-order valence-corrected chi connectivity index (χ2v) is 7.80. The van der Waals surface area contributed by atoms with Crippen molar-refractivity contribution < 1.29 is 23.9 Å². The number of aromatic nitrogens is 1. The molecule has 1 fully saturated rings. The Morgan fingerprint density at radius 2 is 1.84 bits per heavy atom. The number of amides is 3. The summed E-state index contributed by atoms with van der Waals surface area (Å²) in [7, 11) is 0. The summed E-state index contributed by atoms with van der Waals surface area (Å²) in [4.78, 5) is 42.9. The average molecular weight is 449 g/mol. The van der Waals surface area contributed by atoms with E-state index in [4.69, 9.17) is 9.47 Å². The highest BCUT2D eigenvalue weighted by atomic mass is 16.5. The molecule has 9 heteroatoms. The number of rotatable bonds is 11. The van der Waals surface area contributed by atoms with E-state index in [1.807, 2.05) is 26.0 Å². The van der Waals surface area contributed by atoms with Gasteiger partial charge in [-0.3, -0.25) is 14.6 Å². The fraction of sp³-hybridized carbons (Fsp3) is 0.652. The van der Waals surface area contributed by atoms with E-state index in [-0.39, 0.29) is 36.8 Å². The Morgan fingerprint density at radius 3 is 2.53 bits per heavy atom. The Hall–Kier alpha value is -2.68. The van der Waals surface area contributed by atoms with Gasteiger partial charge >= 0.3 is 12.0 Å². The molecule has 178 valence electrons. The highest BCUT2D eigenvalue weighted by Gasteiger charge is 2.28. The molecule has 0 spiro atoms. The topological polar surface area (TPSA) is 110 Å². The van der Waals surface area contributed by atoms with Crippen LogP contribution in [0.5, 0.6) is 0 Å². The fourth-order valence-electron chi connectivity index (χ4n) is 3.63. The molecule has 0 radical (unpaired) electrons. The number of piperidine rings is 1. The maximum absolute atomic E-state index is 12.7. The summed E-state index contributed by atoms with van der Waals surface area (Å²) in [6.45, 7) is 9.05. The van der Waals surface area contributed by atoms with Crippen LogP contribution in [0.2, 0.25) is 0 Å². The maximum atomic E-state index is 12.7. The number of likely N-dealkylation sites (tertiary alicyclic amines) is 1. The third kappa shape index (κ3) is 8.11. The minimum absolute atomic E-state index is 0.107. The third-order valence-electron chi connectivity index (χ3n) is 5.27. The van der Waals surface area contributed by atoms with E-state index in [9.17, 15) is 14.4 Å². The van der Waals surface area contributed by atoms with E-state index in [0.717, 1.165) is 30.7 Å². The maximum Gasteiger partial charge on any atom is 0.317 e. The van der Waals surface area contributed by atoms with Crippen LogP contribution in [0.4, 0.5) is 4.79 Å². The van der Waals surface area contributed by atoms with Gasteiger partial charge in [0.2, 0.25) is 0 Å². The zero-order valence-electron chi connectivity index (χ0n) is 19.4. The van der Waals surface area contributed by atoms with Gasteiger partial charge in [0.25, 0.3) is 5.91 Å². The van der Waals surface area contributed by atoms with E-state index < -0.39 is 0 Å². The summed E-state index contributed by atoms with van der Waals surface area (Å²) in [5, 5.41) is 5.68. The van der Waals surface area contributed by atoms with Gasteiger partial charge in [-0.2, -0.15) is 0 Å². The summed E-state index contributed by atoms with van der Waals surface area (Å²) >= 11 is 0. The van der Waals surface area contributed by atoms with Crippen molar-refractivity contribution in [3.63, 3.8) is 0 Å². The highest BCUT2D eigenvalue weighted by Crippen LogP contribution is 2.29. The Kier molecular flexibility index (Phi) is 10.9. The molecule has 0 aromatic carbocycles. The van der Waals surface area contributed by atoms with Crippen LogP contribution in [0.3, 0.4) is 0 Å². The number of pyridine rings is 1. The average Bonchev–Trinajstić information content (AvgIpc) is 2.79. The third-order valence-corrected chi connectivity index (χ3v) is 5.27. The van der Waals surface area contributed by atoms with Crippen molar-refractivity contribution in [1.29, 1.82) is 0 Å². The van der Waals surface area contributed by atoms with Crippen LogP contribution < -0.4 is 10.6 Å². The number of ether oxygens (including phenoxy) is 2. The Balaban J connectivity index is 1.88. The normalized spacial score (nSPS) is 14.2. The molecule has 0 atom stereocenters. The SMILES string of the molecule is CCCOCCNC(=O)c1ccc(C)nc1C1CCN(C(=O)NCCC(=O)OCC)CC1. The lowest BCUT2D eigenvalue weighted by atomic mass is 9.90. The molecule has 2 N–H and O–H groups in total. The molecule has 0 bridgehead atoms. The number of nitrogens with one attached hydrogen (secondary N) is 2. The van der Waals surface area contributed by atoms with Crippen molar-refractivity contribution in [2.24, 2.45) is 0 Å². The first-order chi connectivity index (χ1) is 15.5. The van der Waals surface area contributed by atoms with Crippen LogP contribution in [-0.4, -0.2) is 73.8 Å². The number of aryl methyl sites for hydroxylation is 1. The Morgan fingerprint density at radius 1 is 1.09 bits per heavy atom. The first kappa shape index (κ1) is 25.6. The van der Waals surface area contributed by atoms with Crippen molar-refractivity contribution in [2.45, 2.75) is 52.4 Å². The monoisotopic (exact) mass is 448 g/mol. The second kappa shape index (κ2) is 13.7. The standard InChI is InChI=1S/C23H36N4O5/c1-4-15-31-16-12-24-22(29)19-7-6-17(3)26-21(19)18-9-13-27(14-10-18)23(30)25-11-8-20(28)32-5-2/h6-7,18H,4-5,8-16H2,1-3H3,(H,24,29)(H,25,30). The van der Waals surface area contributed by atoms with Crippen molar-refractivity contribution in [3.05, 3.63) is 29.1 Å². The lowest BCUT2D eigenvalue weighted by Gasteiger charge is -2.32. The van der Waals surface area contributed by atoms with Gasteiger partial charge in [0.1, 0.15) is 0 Å². The lowest BCUT2D eigenvalue weighted by molar-refractivity contribution is -0.142. The highest BCUT2D eigenvalue weighted by molar-refractivity contribution is 5.95. The van der Waals surface area contributed by atoms with E-state index in [1.54, 1.807) is 11.8 Å². The summed E-state index contributed by atoms with van der Waals surface area (Å²) in [5.74, 6) is -0.359. The molecule has 1 aliphatic heterocycles. The molecule has 32 heavy (non-hydrogen) atoms. The minimum atomic E-state index is -0.320. The Bertz CT molecular complexity index is 763. The van der Waals surface area contributed by atoms with Crippen LogP contribution in [0.1, 0.15) is 67.2 Å². The van der Waals surface area contributed by atoms with Crippen LogP contribution in [0, 0.1) is 6.92 Å². The van der Waals surface area contributed by atoms with Crippen LogP contribution in [0.15, 0.2) is 12.1 Å². The van der Waals surface area contributed by atoms with E-state index in [2.05, 4.69) is 15.6 Å². The smallest absolute Gasteiger partial charge is 0.317 e. The molecule has 2 heterocycles. The van der Waals surface area contributed by atoms with Crippen LogP contribution in [-0.2, 0) is 14.3 Å². The molecule has 0 unspecified atom stereocenters. The first-order valence-electron chi connectivity index (χ1n) is 11.5. The van der Waals surface area contributed by atoms with Gasteiger partial charge in [-0.15, -0.1) is 0 Å². The molecule has 2 rings (SSSR count). The number of hydrogen-bond acceptors (Lipinski definition) is 6. The van der Waals surface area contributed by atoms with Gasteiger partial charge in [-0.05, 0) is 45.2 Å². The van der Waals surface area contributed by atoms with Gasteiger partial charge in [-0.1, -0.05) is 6.92 Å². The van der Waals surface area contributed by atoms with Crippen LogP contribution >= 0.6 is 0 Å². The lowest BCUT2D eigenvalue weighted by Crippen LogP contribution is -2.45. The predicted octanol–water partition coefficient (Wildman–Crippen LogP) is 2.39. The second-order valence-electron chi connectivity index (χ2n) is 7.80. The zero-order valence-corrected chi connectivity index (χ0v) is 19.4. The van der Waals surface area contributed by atoms with E-state index >= 15 is 0 Å². The van der Waals surface area contributed by atoms with Gasteiger partial charge in [0.15, 0.2) is 0 Å². The largest absolute Gasteiger partial charge is 0.466 e. The van der Waals surface area contributed by atoms with Crippen molar-refractivity contribution in [2.75, 3.05) is 46.0 Å². The molecular formula is C23H36N4O5. The number of nitrogens with zero attached hydrogens (tertiary/aromatic N) is 2. The number of hydrogen-bond donors (Lipinski definition) is 2. The van der Waals surface area contributed by atoms with Crippen LogP contribution in [0.25, 0.3) is 0 Å². The van der Waals surface area contributed by atoms with Gasteiger partial charge in [0.05, 0.1) is 30.9 Å². The van der Waals surface area contributed by atoms with E-state index in [0.29, 0.717) is 45.0 Å². The molecule has 0 aliphatic carbocycles. The number of esters is 1. The van der Waals surface area contributed by atoms with Gasteiger partial charge < -0.3 is 25.0 Å². The molecule has 9 nitrogen and oxygen atoms in total. The molecule has 1 aromatic heterocycles. The molecule has 3 amide bonds. The van der Waals surface area contributed by atoms with E-state index in [1.165, 1.54) is 0 Å². The number of carbonyl (C=O) groups excluding carboxylic acids is 3. The fourth-order valence-corrected chi connectivity index (χ4v) is 3.63. The van der Waals surface area contributed by atoms with Gasteiger partial charge in [-0.25, -0.2) is 4.79 Å². The first-order valence-corrected chi connectivity index (χ1v) is 11.5. The van der Waals surface area contributed by atoms with Crippen molar-refractivity contribution in [3.8, 4) is 0 Å². The molecule has 0 saturated carbocycles. The van der Waals surface area contributed by atoms with Crippen molar-refractivity contribution in [1.82, 2.24) is 20.5 Å². The predicted molar refractivity (Wildman–Crippen MR) is 121 cm³/mol. The summed E-state index contributed by atoms with van der Waals surface area (Å²) in [6.07, 6.45) is 2.55. The van der Waals surface area contributed by atoms with Gasteiger partial charge in [0, 0.05) is 44.4 Å². The minimum Gasteiger partial charge on any atom is -0.466 e. The molecule has 1 aromatic rings.